The van der Waals surface area contributed by atoms with E-state index < -0.39 is 0 Å². The van der Waals surface area contributed by atoms with Crippen LogP contribution in [0.5, 0.6) is 0 Å². The maximum atomic E-state index is 10.8. The minimum Gasteiger partial charge on any atom is -0.468 e. The SMILES string of the molecule is COC(=O)C(C)NCCSC. The molecule has 0 aliphatic rings. The number of nitrogens with one attached hydrogen (secondary N) is 1. The van der Waals surface area contributed by atoms with E-state index in [0.29, 0.717) is 0 Å². The van der Waals surface area contributed by atoms with Crippen LogP contribution >= 0.6 is 11.8 Å². The highest BCUT2D eigenvalue weighted by atomic mass is 32.2. The van der Waals surface area contributed by atoms with Gasteiger partial charge in [-0.25, -0.2) is 0 Å². The first-order chi connectivity index (χ1) is 5.22. The summed E-state index contributed by atoms with van der Waals surface area (Å²) < 4.78 is 4.53. The number of rotatable bonds is 5. The fraction of sp³-hybridized carbons (Fsp3) is 0.857. The van der Waals surface area contributed by atoms with Crippen LogP contribution in [0.4, 0.5) is 0 Å². The van der Waals surface area contributed by atoms with E-state index in [1.165, 1.54) is 7.11 Å². The van der Waals surface area contributed by atoms with Gasteiger partial charge in [-0.05, 0) is 13.2 Å². The van der Waals surface area contributed by atoms with Gasteiger partial charge in [-0.3, -0.25) is 4.79 Å². The lowest BCUT2D eigenvalue weighted by Gasteiger charge is -2.09. The van der Waals surface area contributed by atoms with Crippen LogP contribution in [0.3, 0.4) is 0 Å². The van der Waals surface area contributed by atoms with Gasteiger partial charge in [0.25, 0.3) is 0 Å². The monoisotopic (exact) mass is 177 g/mol. The Morgan fingerprint density at radius 3 is 2.82 bits per heavy atom. The van der Waals surface area contributed by atoms with Gasteiger partial charge in [-0.2, -0.15) is 11.8 Å². The minimum absolute atomic E-state index is 0.188. The first-order valence-electron chi connectivity index (χ1n) is 3.52. The lowest BCUT2D eigenvalue weighted by atomic mass is 10.3. The third-order valence-electron chi connectivity index (χ3n) is 1.31. The van der Waals surface area contributed by atoms with Crippen molar-refractivity contribution in [3.8, 4) is 0 Å². The Labute approximate surface area is 71.9 Å². The Kier molecular flexibility index (Phi) is 6.36. The number of thioether (sulfide) groups is 1. The lowest BCUT2D eigenvalue weighted by Crippen LogP contribution is -2.36. The molecule has 0 fully saturated rings. The van der Waals surface area contributed by atoms with Crippen molar-refractivity contribution in [2.45, 2.75) is 13.0 Å². The van der Waals surface area contributed by atoms with Crippen LogP contribution in [-0.2, 0) is 9.53 Å². The van der Waals surface area contributed by atoms with Gasteiger partial charge < -0.3 is 10.1 Å². The van der Waals surface area contributed by atoms with Gasteiger partial charge in [0.15, 0.2) is 0 Å². The summed E-state index contributed by atoms with van der Waals surface area (Å²) in [4.78, 5) is 10.8. The highest BCUT2D eigenvalue weighted by molar-refractivity contribution is 7.98. The van der Waals surface area contributed by atoms with Gasteiger partial charge in [-0.1, -0.05) is 0 Å². The number of hydrogen-bond donors (Lipinski definition) is 1. The summed E-state index contributed by atoms with van der Waals surface area (Å²) in [5.41, 5.74) is 0. The fourth-order valence-corrected chi connectivity index (χ4v) is 0.960. The quantitative estimate of drug-likeness (QED) is 0.490. The number of carbonyl (C=O) groups excluding carboxylic acids is 1. The minimum atomic E-state index is -0.203. The fourth-order valence-electron chi connectivity index (χ4n) is 0.638. The van der Waals surface area contributed by atoms with Crippen LogP contribution in [-0.4, -0.2) is 37.7 Å². The predicted octanol–water partition coefficient (Wildman–Crippen LogP) is 0.500. The third kappa shape index (κ3) is 5.09. The Morgan fingerprint density at radius 1 is 1.73 bits per heavy atom. The van der Waals surface area contributed by atoms with Gasteiger partial charge in [0.1, 0.15) is 6.04 Å². The number of hydrogen-bond acceptors (Lipinski definition) is 4. The second-order valence-electron chi connectivity index (χ2n) is 2.19. The van der Waals surface area contributed by atoms with Crippen LogP contribution < -0.4 is 5.32 Å². The van der Waals surface area contributed by atoms with Crippen LogP contribution in [0.2, 0.25) is 0 Å². The molecule has 0 bridgehead atoms. The molecule has 0 aromatic carbocycles. The molecule has 0 heterocycles. The molecule has 0 aromatic heterocycles. The van der Waals surface area contributed by atoms with E-state index in [0.717, 1.165) is 12.3 Å². The zero-order chi connectivity index (χ0) is 8.69. The van der Waals surface area contributed by atoms with E-state index in [4.69, 9.17) is 0 Å². The number of esters is 1. The first-order valence-corrected chi connectivity index (χ1v) is 4.92. The summed E-state index contributed by atoms with van der Waals surface area (Å²) >= 11 is 1.75. The molecule has 0 saturated heterocycles. The maximum absolute atomic E-state index is 10.8. The van der Waals surface area contributed by atoms with Crippen LogP contribution in [0.25, 0.3) is 0 Å². The molecule has 1 atom stereocenters. The highest BCUT2D eigenvalue weighted by Gasteiger charge is 2.10. The van der Waals surface area contributed by atoms with Crippen molar-refractivity contribution in [1.82, 2.24) is 5.32 Å². The molecule has 0 aromatic rings. The summed E-state index contributed by atoms with van der Waals surface area (Å²) in [7, 11) is 1.40. The molecule has 0 amide bonds. The molecule has 0 aliphatic heterocycles. The van der Waals surface area contributed by atoms with E-state index in [2.05, 4.69) is 10.1 Å². The van der Waals surface area contributed by atoms with E-state index >= 15 is 0 Å². The second-order valence-corrected chi connectivity index (χ2v) is 3.18. The van der Waals surface area contributed by atoms with Crippen molar-refractivity contribution in [3.05, 3.63) is 0 Å². The van der Waals surface area contributed by atoms with Gasteiger partial charge in [0, 0.05) is 12.3 Å². The molecule has 0 aliphatic carbocycles. The van der Waals surface area contributed by atoms with Crippen molar-refractivity contribution in [3.63, 3.8) is 0 Å². The van der Waals surface area contributed by atoms with Gasteiger partial charge in [0.2, 0.25) is 0 Å². The molecule has 0 radical (unpaired) electrons. The van der Waals surface area contributed by atoms with Crippen molar-refractivity contribution in [2.75, 3.05) is 25.7 Å². The molecule has 0 rings (SSSR count). The van der Waals surface area contributed by atoms with Crippen molar-refractivity contribution < 1.29 is 9.53 Å². The van der Waals surface area contributed by atoms with Gasteiger partial charge in [0.05, 0.1) is 7.11 Å². The largest absolute Gasteiger partial charge is 0.468 e. The molecule has 0 spiro atoms. The molecule has 11 heavy (non-hydrogen) atoms. The summed E-state index contributed by atoms with van der Waals surface area (Å²) in [6, 6.07) is -0.188. The van der Waals surface area contributed by atoms with Crippen molar-refractivity contribution in [2.24, 2.45) is 0 Å². The van der Waals surface area contributed by atoms with Crippen LogP contribution in [0, 0.1) is 0 Å². The van der Waals surface area contributed by atoms with E-state index in [9.17, 15) is 4.79 Å². The second kappa shape index (κ2) is 6.49. The van der Waals surface area contributed by atoms with Gasteiger partial charge >= 0.3 is 5.97 Å². The number of ether oxygens (including phenoxy) is 1. The summed E-state index contributed by atoms with van der Waals surface area (Å²) in [6.07, 6.45) is 2.03. The predicted molar refractivity (Wildman–Crippen MR) is 47.9 cm³/mol. The molecule has 0 saturated carbocycles. The Balaban J connectivity index is 3.36. The average Bonchev–Trinajstić information content (AvgIpc) is 2.03. The molecule has 4 heteroatoms. The Morgan fingerprint density at radius 2 is 2.36 bits per heavy atom. The standard InChI is InChI=1S/C7H15NO2S/c1-6(7(9)10-2)8-4-5-11-3/h6,8H,4-5H2,1-3H3. The zero-order valence-corrected chi connectivity index (χ0v) is 8.03. The number of methoxy groups -OCH3 is 1. The van der Waals surface area contributed by atoms with Gasteiger partial charge in [-0.15, -0.1) is 0 Å². The Hall–Kier alpha value is -0.220. The summed E-state index contributed by atoms with van der Waals surface area (Å²) in [5, 5.41) is 3.04. The molecule has 1 N–H and O–H groups in total. The maximum Gasteiger partial charge on any atom is 0.322 e. The molecule has 3 nitrogen and oxygen atoms in total. The van der Waals surface area contributed by atoms with Crippen molar-refractivity contribution >= 4 is 17.7 Å². The number of carbonyl (C=O) groups is 1. The Bertz CT molecular complexity index is 119. The van der Waals surface area contributed by atoms with Crippen LogP contribution in [0.15, 0.2) is 0 Å². The first kappa shape index (κ1) is 10.8. The average molecular weight is 177 g/mol. The third-order valence-corrected chi connectivity index (χ3v) is 1.92. The zero-order valence-electron chi connectivity index (χ0n) is 7.22. The van der Waals surface area contributed by atoms with Crippen LogP contribution in [0.1, 0.15) is 6.92 Å². The normalized spacial score (nSPS) is 12.6. The van der Waals surface area contributed by atoms with E-state index in [-0.39, 0.29) is 12.0 Å². The lowest BCUT2D eigenvalue weighted by molar-refractivity contribution is -0.142. The molecule has 66 valence electrons. The summed E-state index contributed by atoms with van der Waals surface area (Å²) in [5.74, 6) is 0.813. The smallest absolute Gasteiger partial charge is 0.322 e. The molecular formula is C7H15NO2S. The van der Waals surface area contributed by atoms with E-state index in [1.807, 2.05) is 6.26 Å². The molecule has 1 unspecified atom stereocenters. The highest BCUT2D eigenvalue weighted by Crippen LogP contribution is 1.90. The van der Waals surface area contributed by atoms with E-state index in [1.54, 1.807) is 18.7 Å². The molecular weight excluding hydrogens is 162 g/mol. The van der Waals surface area contributed by atoms with Crippen molar-refractivity contribution in [1.29, 1.82) is 0 Å². The summed E-state index contributed by atoms with van der Waals surface area (Å²) in [6.45, 7) is 2.64. The topological polar surface area (TPSA) is 38.3 Å².